The molecule has 0 aliphatic rings. The number of pyridine rings is 1. The van der Waals surface area contributed by atoms with Crippen molar-refractivity contribution in [1.82, 2.24) is 4.98 Å². The Kier molecular flexibility index (Phi) is 1.95. The SMILES string of the molecule is NS(=O)(=O)c1csc2cc(O)cnc12. The molecule has 2 rings (SSSR count). The molecule has 74 valence electrons. The summed E-state index contributed by atoms with van der Waals surface area (Å²) in [4.78, 5) is 3.81. The van der Waals surface area contributed by atoms with E-state index < -0.39 is 10.0 Å². The Morgan fingerprint density at radius 3 is 2.86 bits per heavy atom. The van der Waals surface area contributed by atoms with E-state index in [-0.39, 0.29) is 10.6 Å². The Balaban J connectivity index is 2.83. The maximum absolute atomic E-state index is 11.1. The van der Waals surface area contributed by atoms with E-state index in [1.807, 2.05) is 0 Å². The molecule has 0 radical (unpaired) electrons. The minimum Gasteiger partial charge on any atom is -0.506 e. The molecule has 0 amide bonds. The first-order chi connectivity index (χ1) is 6.48. The fraction of sp³-hybridized carbons (Fsp3) is 0. The van der Waals surface area contributed by atoms with E-state index in [4.69, 9.17) is 10.2 Å². The highest BCUT2D eigenvalue weighted by molar-refractivity contribution is 7.89. The standard InChI is InChI=1S/C7H6N2O3S2/c8-14(11,12)6-3-13-5-1-4(10)2-9-7(5)6/h1-3,10H,(H2,8,11,12). The molecule has 0 bridgehead atoms. The summed E-state index contributed by atoms with van der Waals surface area (Å²) in [5, 5.41) is 15.5. The maximum atomic E-state index is 11.1. The number of hydrogen-bond donors (Lipinski definition) is 2. The van der Waals surface area contributed by atoms with Crippen LogP contribution in [-0.4, -0.2) is 18.5 Å². The third-order valence-corrected chi connectivity index (χ3v) is 3.66. The minimum atomic E-state index is -3.73. The van der Waals surface area contributed by atoms with Gasteiger partial charge in [-0.15, -0.1) is 11.3 Å². The number of sulfonamides is 1. The molecule has 0 spiro atoms. The Bertz CT molecular complexity index is 588. The molecule has 0 saturated heterocycles. The Morgan fingerprint density at radius 1 is 1.50 bits per heavy atom. The average molecular weight is 230 g/mol. The molecular weight excluding hydrogens is 224 g/mol. The number of aromatic hydroxyl groups is 1. The fourth-order valence-corrected chi connectivity index (χ4v) is 3.07. The lowest BCUT2D eigenvalue weighted by Crippen LogP contribution is -2.11. The number of primary sulfonamides is 1. The summed E-state index contributed by atoms with van der Waals surface area (Å²) in [7, 11) is -3.73. The number of fused-ring (bicyclic) bond motifs is 1. The van der Waals surface area contributed by atoms with Crippen molar-refractivity contribution in [2.75, 3.05) is 0 Å². The summed E-state index contributed by atoms with van der Waals surface area (Å²) < 4.78 is 22.7. The van der Waals surface area contributed by atoms with Gasteiger partial charge in [-0.2, -0.15) is 0 Å². The van der Waals surface area contributed by atoms with Crippen molar-refractivity contribution in [3.05, 3.63) is 17.6 Å². The van der Waals surface area contributed by atoms with Gasteiger partial charge in [0.05, 0.1) is 10.9 Å². The van der Waals surface area contributed by atoms with Crippen LogP contribution in [0.2, 0.25) is 0 Å². The number of nitrogens with zero attached hydrogens (tertiary/aromatic N) is 1. The van der Waals surface area contributed by atoms with Gasteiger partial charge in [-0.1, -0.05) is 0 Å². The van der Waals surface area contributed by atoms with Crippen molar-refractivity contribution >= 4 is 31.6 Å². The largest absolute Gasteiger partial charge is 0.506 e. The number of rotatable bonds is 1. The third-order valence-electron chi connectivity index (χ3n) is 1.67. The molecule has 2 aromatic rings. The lowest BCUT2D eigenvalue weighted by Gasteiger charge is -1.94. The van der Waals surface area contributed by atoms with Crippen LogP contribution in [0.25, 0.3) is 10.2 Å². The first-order valence-corrected chi connectivity index (χ1v) is 6.00. The molecule has 5 nitrogen and oxygen atoms in total. The van der Waals surface area contributed by atoms with Crippen molar-refractivity contribution in [1.29, 1.82) is 0 Å². The fourth-order valence-electron chi connectivity index (χ4n) is 1.08. The Morgan fingerprint density at radius 2 is 2.21 bits per heavy atom. The zero-order valence-corrected chi connectivity index (χ0v) is 8.47. The highest BCUT2D eigenvalue weighted by atomic mass is 32.2. The van der Waals surface area contributed by atoms with E-state index in [1.54, 1.807) is 0 Å². The molecule has 0 atom stereocenters. The van der Waals surface area contributed by atoms with E-state index in [9.17, 15) is 8.42 Å². The maximum Gasteiger partial charge on any atom is 0.241 e. The number of nitrogens with two attached hydrogens (primary N) is 1. The minimum absolute atomic E-state index is 0.000296. The molecule has 0 aliphatic heterocycles. The van der Waals surface area contributed by atoms with Crippen molar-refractivity contribution in [3.8, 4) is 5.75 Å². The lowest BCUT2D eigenvalue weighted by molar-refractivity contribution is 0.474. The van der Waals surface area contributed by atoms with Crippen LogP contribution >= 0.6 is 11.3 Å². The predicted octanol–water partition coefficient (Wildman–Crippen LogP) is 0.649. The van der Waals surface area contributed by atoms with Crippen molar-refractivity contribution in [2.45, 2.75) is 4.90 Å². The molecule has 2 aromatic heterocycles. The van der Waals surface area contributed by atoms with Gasteiger partial charge in [0, 0.05) is 11.4 Å². The van der Waals surface area contributed by atoms with E-state index in [1.165, 1.54) is 29.0 Å². The monoisotopic (exact) mass is 230 g/mol. The van der Waals surface area contributed by atoms with E-state index in [2.05, 4.69) is 4.98 Å². The van der Waals surface area contributed by atoms with Gasteiger partial charge in [-0.3, -0.25) is 4.98 Å². The molecule has 14 heavy (non-hydrogen) atoms. The number of thiophene rings is 1. The molecule has 0 aliphatic carbocycles. The molecule has 0 fully saturated rings. The quantitative estimate of drug-likeness (QED) is 0.752. The molecule has 3 N–H and O–H groups in total. The van der Waals surface area contributed by atoms with Crippen LogP contribution in [0.1, 0.15) is 0 Å². The molecule has 0 aromatic carbocycles. The Hall–Kier alpha value is -1.18. The summed E-state index contributed by atoms with van der Waals surface area (Å²) in [6.07, 6.45) is 1.18. The van der Waals surface area contributed by atoms with Crippen molar-refractivity contribution in [2.24, 2.45) is 5.14 Å². The van der Waals surface area contributed by atoms with Crippen LogP contribution in [0.5, 0.6) is 5.75 Å². The zero-order chi connectivity index (χ0) is 10.3. The molecule has 2 heterocycles. The molecule has 0 unspecified atom stereocenters. The summed E-state index contributed by atoms with van der Waals surface area (Å²) in [6.45, 7) is 0. The van der Waals surface area contributed by atoms with Crippen LogP contribution < -0.4 is 5.14 Å². The normalized spacial score (nSPS) is 12.1. The average Bonchev–Trinajstić information content (AvgIpc) is 2.45. The van der Waals surface area contributed by atoms with Gasteiger partial charge in [-0.05, 0) is 0 Å². The second kappa shape index (κ2) is 2.91. The molecule has 7 heteroatoms. The van der Waals surface area contributed by atoms with E-state index in [0.29, 0.717) is 10.2 Å². The summed E-state index contributed by atoms with van der Waals surface area (Å²) >= 11 is 1.17. The van der Waals surface area contributed by atoms with E-state index >= 15 is 0 Å². The van der Waals surface area contributed by atoms with Crippen LogP contribution in [0.15, 0.2) is 22.5 Å². The Labute approximate surface area is 83.9 Å². The first-order valence-electron chi connectivity index (χ1n) is 3.57. The summed E-state index contributed by atoms with van der Waals surface area (Å²) in [5.74, 6) is 0.000296. The number of aromatic nitrogens is 1. The third kappa shape index (κ3) is 1.45. The predicted molar refractivity (Wildman–Crippen MR) is 52.7 cm³/mol. The van der Waals surface area contributed by atoms with Crippen molar-refractivity contribution < 1.29 is 13.5 Å². The van der Waals surface area contributed by atoms with Gasteiger partial charge in [0.1, 0.15) is 16.2 Å². The summed E-state index contributed by atoms with van der Waals surface area (Å²) in [5.41, 5.74) is 0.301. The highest BCUT2D eigenvalue weighted by Crippen LogP contribution is 2.28. The van der Waals surface area contributed by atoms with Crippen LogP contribution in [0, 0.1) is 0 Å². The summed E-state index contributed by atoms with van der Waals surface area (Å²) in [6, 6.07) is 1.45. The van der Waals surface area contributed by atoms with Gasteiger partial charge in [0.2, 0.25) is 10.0 Å². The van der Waals surface area contributed by atoms with Crippen molar-refractivity contribution in [3.63, 3.8) is 0 Å². The molecule has 0 saturated carbocycles. The van der Waals surface area contributed by atoms with Gasteiger partial charge in [0.25, 0.3) is 0 Å². The van der Waals surface area contributed by atoms with E-state index in [0.717, 1.165) is 0 Å². The smallest absolute Gasteiger partial charge is 0.241 e. The first kappa shape index (κ1) is 9.38. The highest BCUT2D eigenvalue weighted by Gasteiger charge is 2.15. The lowest BCUT2D eigenvalue weighted by atomic mass is 10.4. The zero-order valence-electron chi connectivity index (χ0n) is 6.84. The second-order valence-corrected chi connectivity index (χ2v) is 5.13. The van der Waals surface area contributed by atoms with Crippen LogP contribution in [0.3, 0.4) is 0 Å². The molecular formula is C7H6N2O3S2. The number of hydrogen-bond acceptors (Lipinski definition) is 5. The van der Waals surface area contributed by atoms with Gasteiger partial charge < -0.3 is 5.11 Å². The topological polar surface area (TPSA) is 93.3 Å². The van der Waals surface area contributed by atoms with Gasteiger partial charge in [-0.25, -0.2) is 13.6 Å². The van der Waals surface area contributed by atoms with Gasteiger partial charge in [0.15, 0.2) is 0 Å². The van der Waals surface area contributed by atoms with Gasteiger partial charge >= 0.3 is 0 Å². The van der Waals surface area contributed by atoms with Crippen LogP contribution in [-0.2, 0) is 10.0 Å². The second-order valence-electron chi connectivity index (χ2n) is 2.69. The van der Waals surface area contributed by atoms with Crippen LogP contribution in [0.4, 0.5) is 0 Å².